The van der Waals surface area contributed by atoms with Crippen molar-refractivity contribution >= 4 is 5.97 Å². The zero-order valence-electron chi connectivity index (χ0n) is 13.7. The fourth-order valence-electron chi connectivity index (χ4n) is 2.54. The summed E-state index contributed by atoms with van der Waals surface area (Å²) >= 11 is 0. The van der Waals surface area contributed by atoms with Crippen LogP contribution in [-0.2, 0) is 4.74 Å². The third kappa shape index (κ3) is 3.33. The van der Waals surface area contributed by atoms with E-state index >= 15 is 0 Å². The standard InChI is InChI=1S/C18H20FNO3/c1-5-23-18(22)15-14(12-6-8-13(19)9-7-12)11(4)17(21)20-16(15)10(2)3/h6-10H,5H2,1-4H3,(H,20,21). The van der Waals surface area contributed by atoms with Gasteiger partial charge in [-0.05, 0) is 37.5 Å². The third-order valence-corrected chi connectivity index (χ3v) is 3.67. The highest BCUT2D eigenvalue weighted by Crippen LogP contribution is 2.31. The number of carbonyl (C=O) groups is 1. The minimum absolute atomic E-state index is 0.0677. The molecule has 1 aromatic heterocycles. The van der Waals surface area contributed by atoms with Crippen molar-refractivity contribution in [2.45, 2.75) is 33.6 Å². The Morgan fingerprint density at radius 3 is 2.39 bits per heavy atom. The van der Waals surface area contributed by atoms with Crippen LogP contribution in [0.3, 0.4) is 0 Å². The maximum atomic E-state index is 13.2. The summed E-state index contributed by atoms with van der Waals surface area (Å²) in [6.07, 6.45) is 0. The zero-order chi connectivity index (χ0) is 17.1. The molecule has 1 aromatic carbocycles. The predicted octanol–water partition coefficient (Wildman–Crippen LogP) is 3.79. The summed E-state index contributed by atoms with van der Waals surface area (Å²) in [6, 6.07) is 5.73. The normalized spacial score (nSPS) is 10.9. The fraction of sp³-hybridized carbons (Fsp3) is 0.333. The first kappa shape index (κ1) is 16.9. The number of hydrogen-bond donors (Lipinski definition) is 1. The van der Waals surface area contributed by atoms with Crippen molar-refractivity contribution in [3.63, 3.8) is 0 Å². The number of esters is 1. The Balaban J connectivity index is 2.83. The average molecular weight is 317 g/mol. The van der Waals surface area contributed by atoms with Gasteiger partial charge in [-0.25, -0.2) is 9.18 Å². The van der Waals surface area contributed by atoms with E-state index in [0.29, 0.717) is 27.9 Å². The van der Waals surface area contributed by atoms with Crippen LogP contribution >= 0.6 is 0 Å². The summed E-state index contributed by atoms with van der Waals surface area (Å²) in [4.78, 5) is 27.5. The van der Waals surface area contributed by atoms with Gasteiger partial charge in [0, 0.05) is 16.8 Å². The molecule has 122 valence electrons. The first-order valence-electron chi connectivity index (χ1n) is 7.56. The van der Waals surface area contributed by atoms with Gasteiger partial charge in [0.05, 0.1) is 12.2 Å². The van der Waals surface area contributed by atoms with Crippen molar-refractivity contribution in [2.24, 2.45) is 0 Å². The molecule has 0 saturated heterocycles. The first-order chi connectivity index (χ1) is 10.9. The number of benzene rings is 1. The summed E-state index contributed by atoms with van der Waals surface area (Å²) in [7, 11) is 0. The molecule has 0 aliphatic carbocycles. The Labute approximate surface area is 134 Å². The van der Waals surface area contributed by atoms with Gasteiger partial charge in [-0.15, -0.1) is 0 Å². The third-order valence-electron chi connectivity index (χ3n) is 3.67. The van der Waals surface area contributed by atoms with Crippen LogP contribution in [0.2, 0.25) is 0 Å². The van der Waals surface area contributed by atoms with Gasteiger partial charge < -0.3 is 9.72 Å². The molecule has 0 unspecified atom stereocenters. The molecular weight excluding hydrogens is 297 g/mol. The predicted molar refractivity (Wildman–Crippen MR) is 87.2 cm³/mol. The first-order valence-corrected chi connectivity index (χ1v) is 7.56. The van der Waals surface area contributed by atoms with Crippen molar-refractivity contribution < 1.29 is 13.9 Å². The highest BCUT2D eigenvalue weighted by atomic mass is 19.1. The van der Waals surface area contributed by atoms with Crippen LogP contribution in [0.15, 0.2) is 29.1 Å². The quantitative estimate of drug-likeness (QED) is 0.873. The van der Waals surface area contributed by atoms with Crippen molar-refractivity contribution in [2.75, 3.05) is 6.61 Å². The largest absolute Gasteiger partial charge is 0.462 e. The molecule has 0 bridgehead atoms. The Morgan fingerprint density at radius 2 is 1.87 bits per heavy atom. The zero-order valence-corrected chi connectivity index (χ0v) is 13.7. The van der Waals surface area contributed by atoms with E-state index in [4.69, 9.17) is 4.74 Å². The average Bonchev–Trinajstić information content (AvgIpc) is 2.50. The number of aromatic nitrogens is 1. The Morgan fingerprint density at radius 1 is 1.26 bits per heavy atom. The van der Waals surface area contributed by atoms with E-state index in [0.717, 1.165) is 0 Å². The van der Waals surface area contributed by atoms with Crippen LogP contribution in [0.4, 0.5) is 4.39 Å². The number of carbonyl (C=O) groups excluding carboxylic acids is 1. The monoisotopic (exact) mass is 317 g/mol. The number of halogens is 1. The number of aromatic amines is 1. The van der Waals surface area contributed by atoms with Gasteiger partial charge in [0.25, 0.3) is 5.56 Å². The van der Waals surface area contributed by atoms with E-state index < -0.39 is 5.97 Å². The van der Waals surface area contributed by atoms with Crippen molar-refractivity contribution in [1.82, 2.24) is 4.98 Å². The van der Waals surface area contributed by atoms with Crippen LogP contribution in [0, 0.1) is 12.7 Å². The number of pyridine rings is 1. The maximum Gasteiger partial charge on any atom is 0.340 e. The summed E-state index contributed by atoms with van der Waals surface area (Å²) in [6.45, 7) is 7.38. The number of H-pyrrole nitrogens is 1. The van der Waals surface area contributed by atoms with E-state index in [2.05, 4.69) is 4.98 Å². The molecule has 0 spiro atoms. The number of rotatable bonds is 4. The number of nitrogens with one attached hydrogen (secondary N) is 1. The highest BCUT2D eigenvalue weighted by molar-refractivity contribution is 5.99. The van der Waals surface area contributed by atoms with E-state index in [1.807, 2.05) is 13.8 Å². The molecule has 5 heteroatoms. The summed E-state index contributed by atoms with van der Waals surface area (Å²) < 4.78 is 18.4. The molecule has 4 nitrogen and oxygen atoms in total. The molecule has 0 amide bonds. The van der Waals surface area contributed by atoms with Crippen molar-refractivity contribution in [3.05, 3.63) is 57.3 Å². The van der Waals surface area contributed by atoms with Crippen LogP contribution in [-0.4, -0.2) is 17.6 Å². The van der Waals surface area contributed by atoms with Gasteiger partial charge >= 0.3 is 5.97 Å². The van der Waals surface area contributed by atoms with Crippen LogP contribution in [0.5, 0.6) is 0 Å². The SMILES string of the molecule is CCOC(=O)c1c(C(C)C)[nH]c(=O)c(C)c1-c1ccc(F)cc1. The Bertz CT molecular complexity index is 776. The lowest BCUT2D eigenvalue weighted by Crippen LogP contribution is -2.21. The molecule has 2 aromatic rings. The van der Waals surface area contributed by atoms with Crippen LogP contribution in [0.25, 0.3) is 11.1 Å². The van der Waals surface area contributed by atoms with Crippen molar-refractivity contribution in [3.8, 4) is 11.1 Å². The lowest BCUT2D eigenvalue weighted by molar-refractivity contribution is 0.0524. The number of ether oxygens (including phenoxy) is 1. The fourth-order valence-corrected chi connectivity index (χ4v) is 2.54. The highest BCUT2D eigenvalue weighted by Gasteiger charge is 2.24. The summed E-state index contributed by atoms with van der Waals surface area (Å²) in [5.41, 5.74) is 2.12. The molecule has 23 heavy (non-hydrogen) atoms. The molecular formula is C18H20FNO3. The minimum Gasteiger partial charge on any atom is -0.462 e. The molecule has 0 saturated carbocycles. The molecule has 0 atom stereocenters. The van der Waals surface area contributed by atoms with Gasteiger partial charge in [-0.2, -0.15) is 0 Å². The van der Waals surface area contributed by atoms with Crippen molar-refractivity contribution in [1.29, 1.82) is 0 Å². The topological polar surface area (TPSA) is 59.2 Å². The number of hydrogen-bond acceptors (Lipinski definition) is 3. The van der Waals surface area contributed by atoms with Crippen LogP contribution in [0.1, 0.15) is 48.3 Å². The maximum absolute atomic E-state index is 13.2. The van der Waals surface area contributed by atoms with Gasteiger partial charge in [-0.1, -0.05) is 26.0 Å². The molecule has 0 aliphatic rings. The van der Waals surface area contributed by atoms with E-state index in [-0.39, 0.29) is 23.9 Å². The molecule has 0 radical (unpaired) electrons. The molecule has 1 N–H and O–H groups in total. The summed E-state index contributed by atoms with van der Waals surface area (Å²) in [5.74, 6) is -0.935. The van der Waals surface area contributed by atoms with Gasteiger partial charge in [-0.3, -0.25) is 4.79 Å². The second-order valence-electron chi connectivity index (χ2n) is 5.62. The van der Waals surface area contributed by atoms with E-state index in [1.54, 1.807) is 26.0 Å². The van der Waals surface area contributed by atoms with Gasteiger partial charge in [0.15, 0.2) is 0 Å². The Hall–Kier alpha value is -2.43. The van der Waals surface area contributed by atoms with Gasteiger partial charge in [0.2, 0.25) is 0 Å². The molecule has 0 fully saturated rings. The van der Waals surface area contributed by atoms with Crippen LogP contribution < -0.4 is 5.56 Å². The minimum atomic E-state index is -0.491. The molecule has 1 heterocycles. The van der Waals surface area contributed by atoms with E-state index in [9.17, 15) is 14.0 Å². The van der Waals surface area contributed by atoms with E-state index in [1.165, 1.54) is 12.1 Å². The van der Waals surface area contributed by atoms with Gasteiger partial charge in [0.1, 0.15) is 5.82 Å². The molecule has 0 aliphatic heterocycles. The molecule has 2 rings (SSSR count). The summed E-state index contributed by atoms with van der Waals surface area (Å²) in [5, 5.41) is 0. The second kappa shape index (κ2) is 6.77. The second-order valence-corrected chi connectivity index (χ2v) is 5.62. The smallest absolute Gasteiger partial charge is 0.340 e. The lowest BCUT2D eigenvalue weighted by Gasteiger charge is -2.18. The lowest BCUT2D eigenvalue weighted by atomic mass is 9.91. The Kier molecular flexibility index (Phi) is 4.98.